The second-order valence-electron chi connectivity index (χ2n) is 5.38. The minimum Gasteiger partial charge on any atom is -0.452 e. The summed E-state index contributed by atoms with van der Waals surface area (Å²) in [6.07, 6.45) is 0. The maximum atomic E-state index is 12.0. The van der Waals surface area contributed by atoms with Gasteiger partial charge < -0.3 is 9.47 Å². The summed E-state index contributed by atoms with van der Waals surface area (Å²) in [4.78, 5) is 23.9. The minimum absolute atomic E-state index is 0.419. The van der Waals surface area contributed by atoms with Crippen molar-refractivity contribution >= 4 is 11.9 Å². The zero-order valence-electron chi connectivity index (χ0n) is 10.9. The normalized spacial score (nSPS) is 21.1. The van der Waals surface area contributed by atoms with E-state index in [2.05, 4.69) is 0 Å². The molecule has 0 N–H and O–H groups in total. The predicted molar refractivity (Wildman–Crippen MR) is 65.4 cm³/mol. The summed E-state index contributed by atoms with van der Waals surface area (Å²) in [5.74, 6) is -0.838. The van der Waals surface area contributed by atoms with Crippen molar-refractivity contribution in [1.82, 2.24) is 0 Å². The topological polar surface area (TPSA) is 52.6 Å². The summed E-state index contributed by atoms with van der Waals surface area (Å²) in [5, 5.41) is 0. The van der Waals surface area contributed by atoms with Gasteiger partial charge in [-0.05, 0) is 52.0 Å². The van der Waals surface area contributed by atoms with Crippen LogP contribution in [0.3, 0.4) is 0 Å². The smallest absolute Gasteiger partial charge is 0.338 e. The van der Waals surface area contributed by atoms with E-state index in [1.54, 1.807) is 52.0 Å². The SMILES string of the molecule is CC1(C)OC(=O)c2ccc(cc2)C(=O)OC1(C)C. The number of rotatable bonds is 0. The van der Waals surface area contributed by atoms with Gasteiger partial charge in [-0.1, -0.05) is 0 Å². The molecule has 0 fully saturated rings. The van der Waals surface area contributed by atoms with E-state index in [0.717, 1.165) is 0 Å². The largest absolute Gasteiger partial charge is 0.452 e. The van der Waals surface area contributed by atoms with Crippen LogP contribution in [0.1, 0.15) is 48.4 Å². The predicted octanol–water partition coefficient (Wildman–Crippen LogP) is 2.57. The molecular weight excluding hydrogens is 232 g/mol. The highest BCUT2D eigenvalue weighted by Gasteiger charge is 2.44. The Balaban J connectivity index is 2.53. The zero-order chi connectivity index (χ0) is 13.6. The molecule has 1 aromatic carbocycles. The van der Waals surface area contributed by atoms with Gasteiger partial charge in [0.15, 0.2) is 0 Å². The first-order valence-corrected chi connectivity index (χ1v) is 5.80. The number of esters is 2. The standard InChI is InChI=1S/C14H16O4/c1-13(2)14(3,4)18-12(16)10-7-5-9(6-8-10)11(15)17-13/h5-8H,1-4H3. The molecule has 18 heavy (non-hydrogen) atoms. The molecule has 3 rings (SSSR count). The molecule has 2 aliphatic rings. The monoisotopic (exact) mass is 248 g/mol. The van der Waals surface area contributed by atoms with E-state index in [9.17, 15) is 9.59 Å². The van der Waals surface area contributed by atoms with Gasteiger partial charge in [-0.2, -0.15) is 0 Å². The third-order valence-electron chi connectivity index (χ3n) is 3.50. The molecule has 2 bridgehead atoms. The molecule has 1 aromatic rings. The highest BCUT2D eigenvalue weighted by atomic mass is 16.6. The molecule has 0 saturated carbocycles. The molecule has 4 heteroatoms. The molecule has 0 spiro atoms. The summed E-state index contributed by atoms with van der Waals surface area (Å²) in [6, 6.07) is 6.25. The molecule has 0 amide bonds. The number of fused-ring (bicyclic) bond motifs is 7. The van der Waals surface area contributed by atoms with Crippen molar-refractivity contribution in [2.45, 2.75) is 38.9 Å². The quantitative estimate of drug-likeness (QED) is 0.662. The van der Waals surface area contributed by atoms with Crippen LogP contribution in [0.15, 0.2) is 24.3 Å². The van der Waals surface area contributed by atoms with E-state index < -0.39 is 23.1 Å². The van der Waals surface area contributed by atoms with Crippen LogP contribution in [0.5, 0.6) is 0 Å². The Kier molecular flexibility index (Phi) is 2.69. The van der Waals surface area contributed by atoms with Crippen LogP contribution in [0.4, 0.5) is 0 Å². The van der Waals surface area contributed by atoms with Crippen LogP contribution in [0, 0.1) is 0 Å². The van der Waals surface area contributed by atoms with Gasteiger partial charge in [-0.15, -0.1) is 0 Å². The fourth-order valence-corrected chi connectivity index (χ4v) is 1.57. The number of ether oxygens (including phenoxy) is 2. The number of hydrogen-bond acceptors (Lipinski definition) is 4. The van der Waals surface area contributed by atoms with E-state index >= 15 is 0 Å². The van der Waals surface area contributed by atoms with Crippen LogP contribution in [-0.2, 0) is 9.47 Å². The van der Waals surface area contributed by atoms with E-state index in [1.165, 1.54) is 0 Å². The maximum Gasteiger partial charge on any atom is 0.338 e. The molecular formula is C14H16O4. The van der Waals surface area contributed by atoms with Gasteiger partial charge in [-0.3, -0.25) is 0 Å². The van der Waals surface area contributed by atoms with Gasteiger partial charge in [0.2, 0.25) is 0 Å². The van der Waals surface area contributed by atoms with E-state index in [0.29, 0.717) is 11.1 Å². The van der Waals surface area contributed by atoms with E-state index in [-0.39, 0.29) is 0 Å². The van der Waals surface area contributed by atoms with Crippen molar-refractivity contribution in [3.63, 3.8) is 0 Å². The average molecular weight is 248 g/mol. The number of carbonyl (C=O) groups is 2. The van der Waals surface area contributed by atoms with Gasteiger partial charge in [-0.25, -0.2) is 9.59 Å². The Morgan fingerprint density at radius 3 is 1.28 bits per heavy atom. The van der Waals surface area contributed by atoms with Crippen molar-refractivity contribution in [3.05, 3.63) is 35.4 Å². The Labute approximate surface area is 106 Å². The Hall–Kier alpha value is -1.84. The van der Waals surface area contributed by atoms with Crippen LogP contribution >= 0.6 is 0 Å². The summed E-state index contributed by atoms with van der Waals surface area (Å²) < 4.78 is 10.9. The fraction of sp³-hybridized carbons (Fsp3) is 0.429. The molecule has 96 valence electrons. The first-order chi connectivity index (χ1) is 8.23. The van der Waals surface area contributed by atoms with Crippen LogP contribution in [-0.4, -0.2) is 23.1 Å². The molecule has 4 nitrogen and oxygen atoms in total. The highest BCUT2D eigenvalue weighted by molar-refractivity contribution is 5.94. The minimum atomic E-state index is -0.910. The molecule has 0 radical (unpaired) electrons. The lowest BCUT2D eigenvalue weighted by molar-refractivity contribution is -0.124. The third-order valence-corrected chi connectivity index (χ3v) is 3.50. The number of hydrogen-bond donors (Lipinski definition) is 0. The van der Waals surface area contributed by atoms with Crippen molar-refractivity contribution in [2.75, 3.05) is 0 Å². The van der Waals surface area contributed by atoms with Crippen molar-refractivity contribution < 1.29 is 19.1 Å². The third kappa shape index (κ3) is 1.98. The first-order valence-electron chi connectivity index (χ1n) is 5.80. The van der Waals surface area contributed by atoms with Gasteiger partial charge in [0.25, 0.3) is 0 Å². The van der Waals surface area contributed by atoms with Crippen LogP contribution in [0.25, 0.3) is 0 Å². The van der Waals surface area contributed by atoms with Gasteiger partial charge in [0.05, 0.1) is 11.1 Å². The lowest BCUT2D eigenvalue weighted by Gasteiger charge is -2.40. The second kappa shape index (κ2) is 3.83. The molecule has 0 atom stereocenters. The second-order valence-corrected chi connectivity index (χ2v) is 5.38. The van der Waals surface area contributed by atoms with Gasteiger partial charge in [0.1, 0.15) is 11.2 Å². The van der Waals surface area contributed by atoms with E-state index in [1.807, 2.05) is 0 Å². The lowest BCUT2D eigenvalue weighted by atomic mass is 9.88. The summed E-state index contributed by atoms with van der Waals surface area (Å²) in [7, 11) is 0. The van der Waals surface area contributed by atoms with Crippen molar-refractivity contribution in [1.29, 1.82) is 0 Å². The molecule has 0 aromatic heterocycles. The number of carbonyl (C=O) groups excluding carboxylic acids is 2. The zero-order valence-corrected chi connectivity index (χ0v) is 10.9. The Bertz CT molecular complexity index is 450. The fourth-order valence-electron chi connectivity index (χ4n) is 1.57. The van der Waals surface area contributed by atoms with Gasteiger partial charge in [0, 0.05) is 0 Å². The van der Waals surface area contributed by atoms with Crippen molar-refractivity contribution in [2.24, 2.45) is 0 Å². The maximum absolute atomic E-state index is 12.0. The molecule has 0 unspecified atom stereocenters. The molecule has 0 saturated heterocycles. The number of benzene rings is 1. The molecule has 0 aliphatic carbocycles. The lowest BCUT2D eigenvalue weighted by Crippen LogP contribution is -2.51. The molecule has 2 aliphatic heterocycles. The molecule has 2 heterocycles. The Morgan fingerprint density at radius 1 is 0.722 bits per heavy atom. The Morgan fingerprint density at radius 2 is 1.00 bits per heavy atom. The summed E-state index contributed by atoms with van der Waals surface area (Å²) >= 11 is 0. The van der Waals surface area contributed by atoms with E-state index in [4.69, 9.17) is 9.47 Å². The van der Waals surface area contributed by atoms with Crippen LogP contribution < -0.4 is 0 Å². The highest BCUT2D eigenvalue weighted by Crippen LogP contribution is 2.32. The van der Waals surface area contributed by atoms with Crippen molar-refractivity contribution in [3.8, 4) is 0 Å². The summed E-state index contributed by atoms with van der Waals surface area (Å²) in [5.41, 5.74) is -0.964. The van der Waals surface area contributed by atoms with Gasteiger partial charge >= 0.3 is 11.9 Å². The van der Waals surface area contributed by atoms with Crippen LogP contribution in [0.2, 0.25) is 0 Å². The first kappa shape index (κ1) is 12.6. The average Bonchev–Trinajstić information content (AvgIpc) is 2.26. The summed E-state index contributed by atoms with van der Waals surface area (Å²) in [6.45, 7) is 6.91.